The number of thiazole rings is 1. The Bertz CT molecular complexity index is 627. The van der Waals surface area contributed by atoms with Crippen LogP contribution in [0.5, 0.6) is 0 Å². The van der Waals surface area contributed by atoms with Crippen molar-refractivity contribution in [1.29, 1.82) is 0 Å². The maximum Gasteiger partial charge on any atom is 0.123 e. The van der Waals surface area contributed by atoms with Gasteiger partial charge in [-0.2, -0.15) is 0 Å². The van der Waals surface area contributed by atoms with Gasteiger partial charge in [-0.25, -0.2) is 4.98 Å². The molecule has 0 bridgehead atoms. The van der Waals surface area contributed by atoms with Crippen LogP contribution in [-0.2, 0) is 6.54 Å². The van der Waals surface area contributed by atoms with Crippen molar-refractivity contribution in [2.24, 2.45) is 0 Å². The molecule has 0 saturated carbocycles. The van der Waals surface area contributed by atoms with Crippen molar-refractivity contribution in [1.82, 2.24) is 20.1 Å². The molecular formula is C18H25ClN4S. The van der Waals surface area contributed by atoms with E-state index in [1.807, 2.05) is 11.3 Å². The van der Waals surface area contributed by atoms with Crippen LogP contribution in [0.2, 0.25) is 0 Å². The molecule has 6 heteroatoms. The molecule has 130 valence electrons. The molecule has 0 spiro atoms. The Hall–Kier alpha value is -0.980. The maximum absolute atomic E-state index is 4.61. The molecule has 2 aromatic rings. The molecule has 1 aromatic carbocycles. The fraction of sp³-hybridized carbons (Fsp3) is 0.500. The summed E-state index contributed by atoms with van der Waals surface area (Å²) in [5.41, 5.74) is 1.23. The third-order valence-electron chi connectivity index (χ3n) is 4.87. The number of hydrogen-bond acceptors (Lipinski definition) is 5. The monoisotopic (exact) mass is 364 g/mol. The van der Waals surface area contributed by atoms with Gasteiger partial charge in [-0.1, -0.05) is 30.3 Å². The predicted octanol–water partition coefficient (Wildman–Crippen LogP) is 2.71. The normalized spacial score (nSPS) is 22.4. The van der Waals surface area contributed by atoms with Crippen molar-refractivity contribution < 1.29 is 0 Å². The summed E-state index contributed by atoms with van der Waals surface area (Å²) in [4.78, 5) is 11.2. The van der Waals surface area contributed by atoms with E-state index in [-0.39, 0.29) is 12.4 Å². The first-order valence-corrected chi connectivity index (χ1v) is 9.37. The van der Waals surface area contributed by atoms with E-state index in [0.717, 1.165) is 30.7 Å². The van der Waals surface area contributed by atoms with Gasteiger partial charge in [-0.15, -0.1) is 23.7 Å². The molecule has 2 saturated heterocycles. The highest BCUT2D eigenvalue weighted by Gasteiger charge is 2.28. The molecule has 24 heavy (non-hydrogen) atoms. The summed E-state index contributed by atoms with van der Waals surface area (Å²) < 4.78 is 0. The highest BCUT2D eigenvalue weighted by atomic mass is 35.5. The Labute approximate surface area is 154 Å². The highest BCUT2D eigenvalue weighted by molar-refractivity contribution is 7.15. The fourth-order valence-electron chi connectivity index (χ4n) is 3.62. The number of halogens is 1. The summed E-state index contributed by atoms with van der Waals surface area (Å²) >= 11 is 1.83. The van der Waals surface area contributed by atoms with Crippen LogP contribution in [-0.4, -0.2) is 60.1 Å². The number of aromatic nitrogens is 1. The third-order valence-corrected chi connectivity index (χ3v) is 5.90. The molecule has 1 atom stereocenters. The molecule has 1 aromatic heterocycles. The first kappa shape index (κ1) is 17.8. The molecule has 2 fully saturated rings. The Balaban J connectivity index is 0.00000169. The number of nitrogens with zero attached hydrogens (tertiary/aromatic N) is 3. The Morgan fingerprint density at radius 3 is 2.71 bits per heavy atom. The van der Waals surface area contributed by atoms with E-state index in [9.17, 15) is 0 Å². The van der Waals surface area contributed by atoms with Gasteiger partial charge in [0.25, 0.3) is 0 Å². The van der Waals surface area contributed by atoms with Crippen molar-refractivity contribution in [3.63, 3.8) is 0 Å². The van der Waals surface area contributed by atoms with Crippen molar-refractivity contribution in [3.05, 3.63) is 41.4 Å². The Kier molecular flexibility index (Phi) is 6.25. The molecule has 0 amide bonds. The van der Waals surface area contributed by atoms with Crippen molar-refractivity contribution in [2.45, 2.75) is 19.0 Å². The number of piperazine rings is 1. The van der Waals surface area contributed by atoms with Gasteiger partial charge in [0.05, 0.1) is 0 Å². The summed E-state index contributed by atoms with van der Waals surface area (Å²) in [6.45, 7) is 8.17. The van der Waals surface area contributed by atoms with Crippen LogP contribution in [0.3, 0.4) is 0 Å². The standard InChI is InChI=1S/C18H24N4S.ClH/c1-2-4-15(5-3-1)18-20-12-17(23-18)14-21-9-6-16(13-21)22-10-7-19-8-11-22;/h1-5,12,16,19H,6-11,13-14H2;1H. The molecular weight excluding hydrogens is 340 g/mol. The zero-order chi connectivity index (χ0) is 15.5. The van der Waals surface area contributed by atoms with E-state index in [0.29, 0.717) is 0 Å². The first-order chi connectivity index (χ1) is 11.4. The second-order valence-corrected chi connectivity index (χ2v) is 7.58. The van der Waals surface area contributed by atoms with Crippen molar-refractivity contribution in [3.8, 4) is 10.6 Å². The lowest BCUT2D eigenvalue weighted by molar-refractivity contribution is 0.170. The van der Waals surface area contributed by atoms with Crippen LogP contribution in [0.1, 0.15) is 11.3 Å². The lowest BCUT2D eigenvalue weighted by Gasteiger charge is -2.32. The molecule has 4 nitrogen and oxygen atoms in total. The van der Waals surface area contributed by atoms with Gasteiger partial charge >= 0.3 is 0 Å². The molecule has 0 aliphatic carbocycles. The Morgan fingerprint density at radius 2 is 1.92 bits per heavy atom. The number of rotatable bonds is 4. The number of likely N-dealkylation sites (tertiary alicyclic amines) is 1. The number of nitrogens with one attached hydrogen (secondary N) is 1. The quantitative estimate of drug-likeness (QED) is 0.903. The van der Waals surface area contributed by atoms with Gasteiger partial charge in [0.2, 0.25) is 0 Å². The van der Waals surface area contributed by atoms with Crippen molar-refractivity contribution in [2.75, 3.05) is 39.3 Å². The minimum atomic E-state index is 0. The van der Waals surface area contributed by atoms with E-state index in [1.54, 1.807) is 0 Å². The third kappa shape index (κ3) is 4.16. The topological polar surface area (TPSA) is 31.4 Å². The van der Waals surface area contributed by atoms with E-state index >= 15 is 0 Å². The maximum atomic E-state index is 4.61. The number of hydrogen-bond donors (Lipinski definition) is 1. The van der Waals surface area contributed by atoms with Crippen LogP contribution < -0.4 is 5.32 Å². The summed E-state index contributed by atoms with van der Waals surface area (Å²) in [7, 11) is 0. The molecule has 2 aliphatic heterocycles. The minimum Gasteiger partial charge on any atom is -0.314 e. The molecule has 4 rings (SSSR count). The smallest absolute Gasteiger partial charge is 0.123 e. The van der Waals surface area contributed by atoms with Gasteiger partial charge in [0.1, 0.15) is 5.01 Å². The van der Waals surface area contributed by atoms with Crippen LogP contribution in [0, 0.1) is 0 Å². The van der Waals surface area contributed by atoms with Crippen LogP contribution in [0.15, 0.2) is 36.5 Å². The largest absolute Gasteiger partial charge is 0.314 e. The summed E-state index contributed by atoms with van der Waals surface area (Å²) in [5.74, 6) is 0. The highest BCUT2D eigenvalue weighted by Crippen LogP contribution is 2.27. The predicted molar refractivity (Wildman–Crippen MR) is 103 cm³/mol. The SMILES string of the molecule is Cl.c1ccc(-c2ncc(CN3CCC(N4CCNCC4)C3)s2)cc1. The average Bonchev–Trinajstić information content (AvgIpc) is 3.27. The van der Waals surface area contributed by atoms with Gasteiger partial charge in [0, 0.05) is 68.5 Å². The molecule has 3 heterocycles. The zero-order valence-corrected chi connectivity index (χ0v) is 15.5. The van der Waals surface area contributed by atoms with E-state index in [4.69, 9.17) is 0 Å². The number of benzene rings is 1. The second kappa shape index (κ2) is 8.41. The van der Waals surface area contributed by atoms with Gasteiger partial charge in [-0.3, -0.25) is 9.80 Å². The van der Waals surface area contributed by atoms with E-state index in [2.05, 4.69) is 56.6 Å². The summed E-state index contributed by atoms with van der Waals surface area (Å²) in [6, 6.07) is 11.2. The molecule has 1 unspecified atom stereocenters. The lowest BCUT2D eigenvalue weighted by atomic mass is 10.2. The van der Waals surface area contributed by atoms with Crippen LogP contribution in [0.4, 0.5) is 0 Å². The molecule has 2 aliphatic rings. The van der Waals surface area contributed by atoms with E-state index in [1.165, 1.54) is 43.0 Å². The van der Waals surface area contributed by atoms with Gasteiger partial charge in [0.15, 0.2) is 0 Å². The van der Waals surface area contributed by atoms with Gasteiger partial charge < -0.3 is 5.32 Å². The molecule has 0 radical (unpaired) electrons. The fourth-order valence-corrected chi connectivity index (χ4v) is 4.58. The average molecular weight is 365 g/mol. The van der Waals surface area contributed by atoms with Crippen LogP contribution in [0.25, 0.3) is 10.6 Å². The minimum absolute atomic E-state index is 0. The van der Waals surface area contributed by atoms with Crippen molar-refractivity contribution >= 4 is 23.7 Å². The summed E-state index contributed by atoms with van der Waals surface area (Å²) in [6.07, 6.45) is 3.37. The second-order valence-electron chi connectivity index (χ2n) is 6.46. The first-order valence-electron chi connectivity index (χ1n) is 8.56. The zero-order valence-electron chi connectivity index (χ0n) is 13.9. The van der Waals surface area contributed by atoms with Gasteiger partial charge in [-0.05, 0) is 6.42 Å². The van der Waals surface area contributed by atoms with Crippen LogP contribution >= 0.6 is 23.7 Å². The Morgan fingerprint density at radius 1 is 1.12 bits per heavy atom. The summed E-state index contributed by atoms with van der Waals surface area (Å²) in [5, 5.41) is 4.58. The van der Waals surface area contributed by atoms with E-state index < -0.39 is 0 Å². The molecule has 1 N–H and O–H groups in total. The lowest BCUT2D eigenvalue weighted by Crippen LogP contribution is -2.49.